The lowest BCUT2D eigenvalue weighted by molar-refractivity contribution is -0.393. The van der Waals surface area contributed by atoms with Gasteiger partial charge in [-0.1, -0.05) is 11.8 Å². The van der Waals surface area contributed by atoms with E-state index in [0.717, 1.165) is 48.8 Å². The maximum atomic E-state index is 11.1. The van der Waals surface area contributed by atoms with Gasteiger partial charge in [0.2, 0.25) is 8.07 Å². The van der Waals surface area contributed by atoms with Crippen LogP contribution in [0, 0.1) is 63.4 Å². The van der Waals surface area contributed by atoms with Crippen LogP contribution in [0.3, 0.4) is 0 Å². The second-order valence-electron chi connectivity index (χ2n) is 7.34. The molecule has 0 aliphatic carbocycles. The van der Waals surface area contributed by atoms with Gasteiger partial charge in [-0.25, -0.2) is 0 Å². The molecule has 0 aliphatic heterocycles. The zero-order valence-electron chi connectivity index (χ0n) is 19.1. The van der Waals surface area contributed by atoms with Gasteiger partial charge in [0, 0.05) is 12.1 Å². The summed E-state index contributed by atoms with van der Waals surface area (Å²) in [6, 6.07) is 6.13. The third-order valence-corrected chi connectivity index (χ3v) is 5.71. The lowest BCUT2D eigenvalue weighted by Gasteiger charge is -2.03. The van der Waals surface area contributed by atoms with E-state index in [1.807, 2.05) is 13.1 Å². The molecular formula is C20H16N8O8Si. The number of hydrogen-bond donors (Lipinski definition) is 2. The predicted octanol–water partition coefficient (Wildman–Crippen LogP) is 3.61. The van der Waals surface area contributed by atoms with Gasteiger partial charge in [-0.3, -0.25) is 51.3 Å². The first-order valence-corrected chi connectivity index (χ1v) is 12.9. The maximum absolute atomic E-state index is 11.1. The molecule has 37 heavy (non-hydrogen) atoms. The molecule has 0 aliphatic rings. The highest BCUT2D eigenvalue weighted by Gasteiger charge is 2.20. The molecule has 0 amide bonds. The van der Waals surface area contributed by atoms with Crippen molar-refractivity contribution in [3.63, 3.8) is 0 Å². The number of nitrogens with one attached hydrogen (secondary N) is 2. The van der Waals surface area contributed by atoms with Crippen LogP contribution in [0.25, 0.3) is 0 Å². The van der Waals surface area contributed by atoms with Gasteiger partial charge >= 0.3 is 11.4 Å². The van der Waals surface area contributed by atoms with Crippen LogP contribution in [0.1, 0.15) is 0 Å². The fourth-order valence-corrected chi connectivity index (χ4v) is 3.40. The van der Waals surface area contributed by atoms with Crippen LogP contribution in [0.5, 0.6) is 0 Å². The molecule has 0 fully saturated rings. The first kappa shape index (κ1) is 27.6. The molecule has 16 nitrogen and oxygen atoms in total. The fraction of sp³-hybridized carbons (Fsp3) is 0.100. The summed E-state index contributed by atoms with van der Waals surface area (Å²) in [4.78, 5) is 40.7. The SMILES string of the molecule is C[Si](C)(C#CC=NNc1ccc([N+](=O)[O-])cc1[N+](=O)[O-])C#CC=NNc1ccc([N+](=O)[O-])cc1[N+](=O)[O-]. The minimum Gasteiger partial charge on any atom is -0.271 e. The zero-order valence-corrected chi connectivity index (χ0v) is 20.1. The highest BCUT2D eigenvalue weighted by molar-refractivity contribution is 6.92. The van der Waals surface area contributed by atoms with Crippen molar-refractivity contribution in [2.45, 2.75) is 13.1 Å². The molecule has 2 aromatic rings. The Labute approximate surface area is 208 Å². The molecular weight excluding hydrogens is 508 g/mol. The second-order valence-corrected chi connectivity index (χ2v) is 11.1. The molecule has 2 N–H and O–H groups in total. The molecule has 0 saturated heterocycles. The number of nitro groups is 4. The third kappa shape index (κ3) is 8.24. The number of nitro benzene ring substituents is 4. The van der Waals surface area contributed by atoms with E-state index in [2.05, 4.69) is 44.0 Å². The molecule has 17 heteroatoms. The van der Waals surface area contributed by atoms with Gasteiger partial charge in [-0.05, 0) is 25.2 Å². The summed E-state index contributed by atoms with van der Waals surface area (Å²) in [5.74, 6) is 5.32. The molecule has 0 saturated carbocycles. The van der Waals surface area contributed by atoms with Crippen LogP contribution in [0.2, 0.25) is 13.1 Å². The van der Waals surface area contributed by atoms with Crippen molar-refractivity contribution in [1.82, 2.24) is 0 Å². The molecule has 0 radical (unpaired) electrons. The third-order valence-electron chi connectivity index (χ3n) is 4.18. The summed E-state index contributed by atoms with van der Waals surface area (Å²) in [5.41, 5.74) is 8.65. The summed E-state index contributed by atoms with van der Waals surface area (Å²) in [7, 11) is -2.39. The van der Waals surface area contributed by atoms with E-state index in [1.54, 1.807) is 0 Å². The predicted molar refractivity (Wildman–Crippen MR) is 137 cm³/mol. The standard InChI is InChI=1S/C20H16N8O8Si/c1-37(2,11-3-9-21-23-17-7-5-15(25(29)30)13-19(17)27(33)34)12-4-10-22-24-18-8-6-16(26(31)32)14-20(18)28(35)36/h5-10,13-14,23-24H,1-2H3. The summed E-state index contributed by atoms with van der Waals surface area (Å²) < 4.78 is 0. The van der Waals surface area contributed by atoms with Crippen molar-refractivity contribution >= 4 is 54.6 Å². The molecule has 0 bridgehead atoms. The number of anilines is 2. The van der Waals surface area contributed by atoms with Crippen LogP contribution in [-0.2, 0) is 0 Å². The van der Waals surface area contributed by atoms with E-state index in [0.29, 0.717) is 0 Å². The average molecular weight is 524 g/mol. The first-order valence-electron chi connectivity index (χ1n) is 9.87. The van der Waals surface area contributed by atoms with E-state index in [9.17, 15) is 40.5 Å². The molecule has 2 aromatic carbocycles. The van der Waals surface area contributed by atoms with Gasteiger partial charge in [0.15, 0.2) is 0 Å². The highest BCUT2D eigenvalue weighted by atomic mass is 28.3. The molecule has 0 heterocycles. The molecule has 188 valence electrons. The first-order chi connectivity index (χ1) is 17.4. The Kier molecular flexibility index (Phi) is 9.05. The van der Waals surface area contributed by atoms with Crippen molar-refractivity contribution in [3.05, 3.63) is 76.9 Å². The Morgan fingerprint density at radius 1 is 0.703 bits per heavy atom. The van der Waals surface area contributed by atoms with Crippen LogP contribution in [-0.4, -0.2) is 40.2 Å². The molecule has 0 unspecified atom stereocenters. The second kappa shape index (κ2) is 12.1. The largest absolute Gasteiger partial charge is 0.301 e. The van der Waals surface area contributed by atoms with E-state index in [4.69, 9.17) is 0 Å². The van der Waals surface area contributed by atoms with Gasteiger partial charge in [0.1, 0.15) is 11.4 Å². The van der Waals surface area contributed by atoms with E-state index >= 15 is 0 Å². The minimum absolute atomic E-state index is 0.0538. The van der Waals surface area contributed by atoms with E-state index in [1.165, 1.54) is 0 Å². The maximum Gasteiger partial charge on any atom is 0.301 e. The molecule has 0 aromatic heterocycles. The Bertz CT molecular complexity index is 1340. The van der Waals surface area contributed by atoms with Crippen LogP contribution in [0.4, 0.5) is 34.1 Å². The Balaban J connectivity index is 2.02. The number of benzene rings is 2. The van der Waals surface area contributed by atoms with Crippen molar-refractivity contribution in [2.24, 2.45) is 10.2 Å². The van der Waals surface area contributed by atoms with Crippen molar-refractivity contribution in [3.8, 4) is 22.9 Å². The van der Waals surface area contributed by atoms with Gasteiger partial charge in [-0.15, -0.1) is 11.1 Å². The number of hydrogen-bond acceptors (Lipinski definition) is 12. The lowest BCUT2D eigenvalue weighted by atomic mass is 10.2. The summed E-state index contributed by atoms with van der Waals surface area (Å²) >= 11 is 0. The normalized spacial score (nSPS) is 10.6. The Hall–Kier alpha value is -5.68. The fourth-order valence-electron chi connectivity index (χ4n) is 2.48. The minimum atomic E-state index is -2.39. The molecule has 2 rings (SSSR count). The highest BCUT2D eigenvalue weighted by Crippen LogP contribution is 2.29. The quantitative estimate of drug-likeness (QED) is 0.168. The van der Waals surface area contributed by atoms with Gasteiger partial charge in [-0.2, -0.15) is 10.2 Å². The zero-order chi connectivity index (χ0) is 27.6. The van der Waals surface area contributed by atoms with Crippen molar-refractivity contribution in [2.75, 3.05) is 10.9 Å². The van der Waals surface area contributed by atoms with Gasteiger partial charge in [0.25, 0.3) is 11.4 Å². The van der Waals surface area contributed by atoms with Crippen molar-refractivity contribution < 1.29 is 19.7 Å². The Morgan fingerprint density at radius 2 is 1.08 bits per heavy atom. The average Bonchev–Trinajstić information content (AvgIpc) is 2.83. The van der Waals surface area contributed by atoms with Crippen LogP contribution >= 0.6 is 0 Å². The number of hydrazone groups is 2. The van der Waals surface area contributed by atoms with Crippen molar-refractivity contribution in [1.29, 1.82) is 0 Å². The number of non-ortho nitro benzene ring substituents is 2. The summed E-state index contributed by atoms with van der Waals surface area (Å²) in [6.07, 6.45) is 2.32. The van der Waals surface area contributed by atoms with Crippen LogP contribution in [0.15, 0.2) is 46.6 Å². The summed E-state index contributed by atoms with van der Waals surface area (Å²) in [6.45, 7) is 3.63. The monoisotopic (exact) mass is 524 g/mol. The van der Waals surface area contributed by atoms with Gasteiger partial charge in [0.05, 0.1) is 44.3 Å². The van der Waals surface area contributed by atoms with Gasteiger partial charge < -0.3 is 0 Å². The van der Waals surface area contributed by atoms with E-state index in [-0.39, 0.29) is 11.4 Å². The molecule has 0 spiro atoms. The number of rotatable bonds is 8. The molecule has 0 atom stereocenters. The van der Waals surface area contributed by atoms with Crippen LogP contribution < -0.4 is 10.9 Å². The van der Waals surface area contributed by atoms with E-state index < -0.39 is 50.5 Å². The smallest absolute Gasteiger partial charge is 0.271 e. The lowest BCUT2D eigenvalue weighted by Crippen LogP contribution is -2.21. The summed E-state index contributed by atoms with van der Waals surface area (Å²) in [5, 5.41) is 51.3. The Morgan fingerprint density at radius 3 is 1.41 bits per heavy atom. The topological polar surface area (TPSA) is 221 Å². The number of nitrogens with zero attached hydrogens (tertiary/aromatic N) is 6.